The Balaban J connectivity index is 0. The minimum Gasteiger partial charge on any atom is -1.00 e. The second kappa shape index (κ2) is 7.07. The molecule has 0 unspecified atom stereocenters. The van der Waals surface area contributed by atoms with Crippen LogP contribution in [0.5, 0.6) is 0 Å². The van der Waals surface area contributed by atoms with E-state index in [1.165, 1.54) is 12.1 Å². The molecule has 1 aromatic carbocycles. The van der Waals surface area contributed by atoms with E-state index in [-0.39, 0.29) is 45.9 Å². The largest absolute Gasteiger partial charge is 2.00 e. The Labute approximate surface area is 93.1 Å². The van der Waals surface area contributed by atoms with Crippen molar-refractivity contribution in [2.75, 3.05) is 0 Å². The molecule has 0 fully saturated rings. The van der Waals surface area contributed by atoms with Crippen LogP contribution in [0.3, 0.4) is 0 Å². The van der Waals surface area contributed by atoms with Crippen LogP contribution in [0.1, 0.15) is 5.56 Å². The van der Waals surface area contributed by atoms with E-state index in [9.17, 15) is 4.39 Å². The molecule has 56 valence electrons. The van der Waals surface area contributed by atoms with Gasteiger partial charge in [-0.15, -0.1) is 0 Å². The van der Waals surface area contributed by atoms with Crippen molar-refractivity contribution in [3.05, 3.63) is 42.6 Å². The topological polar surface area (TPSA) is 0 Å². The first-order chi connectivity index (χ1) is 4.33. The Bertz CT molecular complexity index is 186. The predicted molar refractivity (Wildman–Crippen MR) is 41.2 cm³/mol. The van der Waals surface area contributed by atoms with Crippen molar-refractivity contribution in [3.8, 4) is 0 Å². The Morgan fingerprint density at radius 2 is 1.64 bits per heavy atom. The van der Waals surface area contributed by atoms with Crippen molar-refractivity contribution >= 4 is 23.1 Å². The molecule has 0 saturated heterocycles. The molecule has 0 amide bonds. The molecule has 1 rings (SSSR count). The Morgan fingerprint density at radius 3 is 2.00 bits per heavy atom. The van der Waals surface area contributed by atoms with E-state index in [1.807, 2.05) is 0 Å². The Hall–Kier alpha value is 0.396. The molecule has 0 aromatic heterocycles. The summed E-state index contributed by atoms with van der Waals surface area (Å²) in [5.74, 6) is -0.188. The van der Waals surface area contributed by atoms with E-state index >= 15 is 0 Å². The summed E-state index contributed by atoms with van der Waals surface area (Å²) in [6, 6.07) is 6.37. The smallest absolute Gasteiger partial charge is 1.00 e. The van der Waals surface area contributed by atoms with Crippen LogP contribution in [0.25, 0.3) is 0 Å². The van der Waals surface area contributed by atoms with E-state index in [0.29, 0.717) is 0 Å². The summed E-state index contributed by atoms with van der Waals surface area (Å²) in [7, 11) is 0. The van der Waals surface area contributed by atoms with E-state index in [1.54, 1.807) is 12.1 Å². The first kappa shape index (κ1) is 14.0. The van der Waals surface area contributed by atoms with Gasteiger partial charge >= 0.3 is 23.1 Å². The maximum atomic E-state index is 12.2. The van der Waals surface area contributed by atoms with E-state index in [0.717, 1.165) is 12.0 Å². The second-order valence-electron chi connectivity index (χ2n) is 1.88. The quantitative estimate of drug-likeness (QED) is 0.419. The van der Waals surface area contributed by atoms with Crippen molar-refractivity contribution in [2.24, 2.45) is 0 Å². The first-order valence-electron chi connectivity index (χ1n) is 2.86. The van der Waals surface area contributed by atoms with Gasteiger partial charge in [0.1, 0.15) is 5.82 Å². The van der Waals surface area contributed by atoms with Crippen LogP contribution in [-0.4, -0.2) is 23.1 Å². The molecule has 0 atom stereocenters. The zero-order valence-corrected chi connectivity index (χ0v) is 9.19. The van der Waals surface area contributed by atoms with Gasteiger partial charge in [0, 0.05) is 0 Å². The van der Waals surface area contributed by atoms with Gasteiger partial charge in [-0.05, 0) is 12.1 Å². The van der Waals surface area contributed by atoms with Crippen molar-refractivity contribution < 1.29 is 21.4 Å². The molecule has 0 aliphatic carbocycles. The van der Waals surface area contributed by atoms with Gasteiger partial charge in [0.2, 0.25) is 0 Å². The van der Waals surface area contributed by atoms with Crippen LogP contribution in [0.2, 0.25) is 0 Å². The van der Waals surface area contributed by atoms with Crippen LogP contribution in [0.15, 0.2) is 24.3 Å². The van der Waals surface area contributed by atoms with E-state index in [4.69, 9.17) is 0 Å². The first-order valence-corrected chi connectivity index (χ1v) is 2.86. The van der Waals surface area contributed by atoms with Gasteiger partial charge in [0.25, 0.3) is 0 Å². The summed E-state index contributed by atoms with van der Waals surface area (Å²) in [6.07, 6.45) is 0.722. The summed E-state index contributed by atoms with van der Waals surface area (Å²) in [6.45, 7) is 3.66. The van der Waals surface area contributed by atoms with Crippen LogP contribution in [-0.2, 0) is 6.42 Å². The van der Waals surface area contributed by atoms with Crippen molar-refractivity contribution in [3.63, 3.8) is 0 Å². The van der Waals surface area contributed by atoms with Crippen LogP contribution in [0.4, 0.5) is 4.39 Å². The van der Waals surface area contributed by atoms with Gasteiger partial charge in [-0.1, -0.05) is 17.7 Å². The molecule has 0 radical (unpaired) electrons. The minimum absolute atomic E-state index is 0. The van der Waals surface area contributed by atoms with Crippen LogP contribution >= 0.6 is 0 Å². The SMILES string of the molecule is [Br-].[CH2-]Cc1ccc(F)cc1.[Mg+2]. The molecular weight excluding hydrogens is 219 g/mol. The van der Waals surface area contributed by atoms with Gasteiger partial charge in [-0.2, -0.15) is 6.42 Å². The fourth-order valence-electron chi connectivity index (χ4n) is 0.651. The molecule has 0 spiro atoms. The number of hydrogen-bond donors (Lipinski definition) is 0. The van der Waals surface area contributed by atoms with Gasteiger partial charge in [-0.25, -0.2) is 4.39 Å². The van der Waals surface area contributed by atoms with Crippen LogP contribution in [0, 0.1) is 12.7 Å². The molecule has 0 saturated carbocycles. The number of benzene rings is 1. The molecule has 0 heterocycles. The summed E-state index contributed by atoms with van der Waals surface area (Å²) < 4.78 is 12.2. The minimum atomic E-state index is -0.188. The zero-order valence-electron chi connectivity index (χ0n) is 6.19. The summed E-state index contributed by atoms with van der Waals surface area (Å²) in [5.41, 5.74) is 1.07. The summed E-state index contributed by atoms with van der Waals surface area (Å²) in [5, 5.41) is 0. The standard InChI is InChI=1S/C8H8F.BrH.Mg/c1-2-7-3-5-8(9)6-4-7;;/h3-6H,1-2H2;1H;/q-1;;+2/p-1. The van der Waals surface area contributed by atoms with Gasteiger partial charge < -0.3 is 23.9 Å². The van der Waals surface area contributed by atoms with Crippen molar-refractivity contribution in [2.45, 2.75) is 6.42 Å². The summed E-state index contributed by atoms with van der Waals surface area (Å²) >= 11 is 0. The third-order valence-electron chi connectivity index (χ3n) is 1.20. The van der Waals surface area contributed by atoms with E-state index < -0.39 is 0 Å². The van der Waals surface area contributed by atoms with Gasteiger partial charge in [0.05, 0.1) is 0 Å². The molecule has 11 heavy (non-hydrogen) atoms. The normalized spacial score (nSPS) is 7.82. The molecule has 0 aliphatic heterocycles. The molecule has 0 aliphatic rings. The molecule has 0 N–H and O–H groups in total. The molecular formula is C8H8BrFMg. The Morgan fingerprint density at radius 1 is 1.18 bits per heavy atom. The van der Waals surface area contributed by atoms with Gasteiger partial charge in [0.15, 0.2) is 0 Å². The fourth-order valence-corrected chi connectivity index (χ4v) is 0.651. The third-order valence-corrected chi connectivity index (χ3v) is 1.20. The summed E-state index contributed by atoms with van der Waals surface area (Å²) in [4.78, 5) is 0. The third kappa shape index (κ3) is 4.77. The van der Waals surface area contributed by atoms with Gasteiger partial charge in [-0.3, -0.25) is 0 Å². The number of hydrogen-bond acceptors (Lipinski definition) is 0. The predicted octanol–water partition coefficient (Wildman–Crippen LogP) is -1.17. The molecule has 3 heteroatoms. The van der Waals surface area contributed by atoms with Crippen LogP contribution < -0.4 is 17.0 Å². The van der Waals surface area contributed by atoms with Crippen molar-refractivity contribution in [1.82, 2.24) is 0 Å². The van der Waals surface area contributed by atoms with E-state index in [2.05, 4.69) is 6.92 Å². The maximum Gasteiger partial charge on any atom is 2.00 e. The number of rotatable bonds is 1. The Kier molecular flexibility index (Phi) is 8.96. The fraction of sp³-hybridized carbons (Fsp3) is 0.125. The molecule has 0 nitrogen and oxygen atoms in total. The monoisotopic (exact) mass is 226 g/mol. The molecule has 0 bridgehead atoms. The second-order valence-corrected chi connectivity index (χ2v) is 1.88. The average molecular weight is 227 g/mol. The molecule has 1 aromatic rings. The zero-order chi connectivity index (χ0) is 6.69. The van der Waals surface area contributed by atoms with Crippen molar-refractivity contribution in [1.29, 1.82) is 0 Å². The number of halogens is 2. The maximum absolute atomic E-state index is 12.2. The average Bonchev–Trinajstić information content (AvgIpc) is 1.90.